The van der Waals surface area contributed by atoms with E-state index in [1.54, 1.807) is 0 Å². The largest absolute Gasteiger partial charge is 0.632 e. The van der Waals surface area contributed by atoms with Crippen LogP contribution in [0.5, 0.6) is 0 Å². The van der Waals surface area contributed by atoms with Crippen molar-refractivity contribution in [1.82, 2.24) is 0 Å². The Balaban J connectivity index is 3.29. The van der Waals surface area contributed by atoms with E-state index in [-0.39, 0.29) is 0 Å². The Kier molecular flexibility index (Phi) is 8.16. The van der Waals surface area contributed by atoms with Crippen molar-refractivity contribution in [2.24, 2.45) is 0 Å². The highest BCUT2D eigenvalue weighted by atomic mass is 28.4. The van der Waals surface area contributed by atoms with Crippen LogP contribution >= 0.6 is 0 Å². The highest BCUT2D eigenvalue weighted by Gasteiger charge is 2.52. The van der Waals surface area contributed by atoms with Gasteiger partial charge in [0.1, 0.15) is 0 Å². The molecule has 0 heterocycles. The Hall–Kier alpha value is -1.08. The van der Waals surface area contributed by atoms with Gasteiger partial charge in [-0.3, -0.25) is 0 Å². The smallest absolute Gasteiger partial charge is 0.372 e. The first kappa shape index (κ1) is 25.0. The zero-order chi connectivity index (χ0) is 21.8. The first-order valence-electron chi connectivity index (χ1n) is 10.3. The van der Waals surface area contributed by atoms with Crippen molar-refractivity contribution in [2.45, 2.75) is 93.0 Å². The van der Waals surface area contributed by atoms with Crippen LogP contribution in [0.4, 0.5) is 11.4 Å². The summed E-state index contributed by atoms with van der Waals surface area (Å²) < 4.78 is 19.4. The fourth-order valence-electron chi connectivity index (χ4n) is 2.87. The van der Waals surface area contributed by atoms with E-state index in [1.807, 2.05) is 62.3 Å². The summed E-state index contributed by atoms with van der Waals surface area (Å²) in [6, 6.07) is 8.39. The first-order valence-corrected chi connectivity index (χ1v) is 12.0. The molecule has 0 unspecified atom stereocenters. The number of nitrogens with one attached hydrogen (secondary N) is 1. The fraction of sp³-hybridized carbons (Fsp3) is 0.727. The van der Waals surface area contributed by atoms with Crippen molar-refractivity contribution in [3.05, 3.63) is 24.3 Å². The van der Waals surface area contributed by atoms with Gasteiger partial charge in [0.15, 0.2) is 0 Å². The summed E-state index contributed by atoms with van der Waals surface area (Å²) in [4.78, 5) is 5.83. The van der Waals surface area contributed by atoms with Gasteiger partial charge in [-0.1, -0.05) is 0 Å². The Labute approximate surface area is 174 Å². The molecule has 5 nitrogen and oxygen atoms in total. The van der Waals surface area contributed by atoms with Crippen LogP contribution in [0.1, 0.15) is 76.2 Å². The van der Waals surface area contributed by atoms with Crippen molar-refractivity contribution in [3.63, 3.8) is 0 Å². The number of hydrogen-bond donors (Lipinski definition) is 1. The van der Waals surface area contributed by atoms with Crippen LogP contribution in [-0.2, 0) is 13.3 Å². The van der Waals surface area contributed by atoms with Crippen molar-refractivity contribution in [1.29, 1.82) is 0 Å². The van der Waals surface area contributed by atoms with Crippen LogP contribution in [0.25, 0.3) is 0 Å². The predicted octanol–water partition coefficient (Wildman–Crippen LogP) is 5.83. The van der Waals surface area contributed by atoms with Crippen LogP contribution in [0.2, 0.25) is 0 Å². The van der Waals surface area contributed by atoms with Gasteiger partial charge in [0.2, 0.25) is 0 Å². The molecule has 0 radical (unpaired) electrons. The molecule has 0 aromatic heterocycles. The molecule has 28 heavy (non-hydrogen) atoms. The molecular weight excluding hydrogens is 368 g/mol. The lowest BCUT2D eigenvalue weighted by molar-refractivity contribution is -0.0706. The summed E-state index contributed by atoms with van der Waals surface area (Å²) in [6.07, 6.45) is 0. The van der Waals surface area contributed by atoms with E-state index in [1.165, 1.54) is 5.69 Å². The highest BCUT2D eigenvalue weighted by molar-refractivity contribution is 6.64. The molecular formula is C22H42N2O3Si. The molecule has 0 atom stereocenters. The van der Waals surface area contributed by atoms with Crippen LogP contribution in [0.3, 0.4) is 0 Å². The third-order valence-electron chi connectivity index (χ3n) is 3.61. The molecule has 1 N–H and O–H groups in total. The van der Waals surface area contributed by atoms with E-state index in [0.29, 0.717) is 0 Å². The second kappa shape index (κ2) is 9.16. The molecule has 0 aliphatic carbocycles. The minimum atomic E-state index is -3.27. The molecule has 0 fully saturated rings. The topological polar surface area (TPSA) is 43.0 Å². The van der Waals surface area contributed by atoms with Gasteiger partial charge in [-0.05, 0) is 100 Å². The molecule has 0 saturated carbocycles. The van der Waals surface area contributed by atoms with Gasteiger partial charge in [-0.25, -0.2) is 0 Å². The predicted molar refractivity (Wildman–Crippen MR) is 122 cm³/mol. The molecule has 6 heteroatoms. The molecule has 1 rings (SSSR count). The molecule has 0 aliphatic rings. The Morgan fingerprint density at radius 1 is 0.714 bits per heavy atom. The highest BCUT2D eigenvalue weighted by Crippen LogP contribution is 2.30. The maximum atomic E-state index is 6.47. The second-order valence-electron chi connectivity index (χ2n) is 10.0. The second-order valence-corrected chi connectivity index (χ2v) is 12.0. The van der Waals surface area contributed by atoms with Crippen LogP contribution < -0.4 is 9.88 Å². The monoisotopic (exact) mass is 410 g/mol. The third kappa shape index (κ3) is 8.95. The van der Waals surface area contributed by atoms with Crippen molar-refractivity contribution in [2.75, 3.05) is 23.0 Å². The molecule has 1 aromatic rings. The summed E-state index contributed by atoms with van der Waals surface area (Å²) >= 11 is 0. The number of rotatable bonds is 8. The number of benzene rings is 1. The molecule has 162 valence electrons. The molecule has 0 amide bonds. The van der Waals surface area contributed by atoms with Crippen LogP contribution in [0.15, 0.2) is 24.3 Å². The van der Waals surface area contributed by atoms with E-state index in [0.717, 1.165) is 18.8 Å². The fourth-order valence-corrected chi connectivity index (χ4v) is 6.09. The van der Waals surface area contributed by atoms with E-state index in [4.69, 9.17) is 13.3 Å². The Morgan fingerprint density at radius 3 is 1.36 bits per heavy atom. The van der Waals surface area contributed by atoms with Crippen LogP contribution in [-0.4, -0.2) is 38.9 Å². The van der Waals surface area contributed by atoms with Gasteiger partial charge in [0, 0.05) is 24.5 Å². The standard InChI is InChI=1S/C22H42N2O3Si/c1-12-24(13-2)19-16-14-18(15-17-19)23-28(25-20(3,4)5,26-21(6,7)8)27-22(9,10)11/h14-17,23H,12-13H2,1-11H3. The zero-order valence-corrected chi connectivity index (χ0v) is 20.9. The minimum Gasteiger partial charge on any atom is -0.372 e. The van der Waals surface area contributed by atoms with Crippen molar-refractivity contribution >= 4 is 20.3 Å². The van der Waals surface area contributed by atoms with E-state index < -0.39 is 25.8 Å². The normalized spacial score (nSPS) is 13.5. The lowest BCUT2D eigenvalue weighted by atomic mass is 10.2. The molecule has 1 aromatic carbocycles. The average Bonchev–Trinajstić information content (AvgIpc) is 2.44. The van der Waals surface area contributed by atoms with Gasteiger partial charge >= 0.3 is 8.97 Å². The summed E-state index contributed by atoms with van der Waals surface area (Å²) in [5.41, 5.74) is 0.873. The maximum Gasteiger partial charge on any atom is 0.632 e. The summed E-state index contributed by atoms with van der Waals surface area (Å²) in [6.45, 7) is 24.5. The van der Waals surface area contributed by atoms with Crippen molar-refractivity contribution in [3.8, 4) is 0 Å². The van der Waals surface area contributed by atoms with Gasteiger partial charge in [0.05, 0.1) is 16.8 Å². The lowest BCUT2D eigenvalue weighted by Crippen LogP contribution is -2.62. The Morgan fingerprint density at radius 2 is 1.07 bits per heavy atom. The van der Waals surface area contributed by atoms with E-state index in [9.17, 15) is 0 Å². The van der Waals surface area contributed by atoms with Gasteiger partial charge in [-0.2, -0.15) is 0 Å². The maximum absolute atomic E-state index is 6.47. The first-order chi connectivity index (χ1) is 12.6. The minimum absolute atomic E-state index is 0.420. The molecule has 0 aliphatic heterocycles. The van der Waals surface area contributed by atoms with Gasteiger partial charge in [0.25, 0.3) is 0 Å². The number of nitrogens with zero attached hydrogens (tertiary/aromatic N) is 1. The number of anilines is 2. The summed E-state index contributed by atoms with van der Waals surface area (Å²) in [5.74, 6) is 0. The van der Waals surface area contributed by atoms with E-state index in [2.05, 4.69) is 48.0 Å². The SMILES string of the molecule is CCN(CC)c1ccc(N[Si](OC(C)(C)C)(OC(C)(C)C)OC(C)(C)C)cc1. The summed E-state index contributed by atoms with van der Waals surface area (Å²) in [7, 11) is -3.27. The lowest BCUT2D eigenvalue weighted by Gasteiger charge is -2.42. The van der Waals surface area contributed by atoms with Crippen LogP contribution in [0, 0.1) is 0 Å². The average molecular weight is 411 g/mol. The molecule has 0 bridgehead atoms. The zero-order valence-electron chi connectivity index (χ0n) is 19.9. The molecule has 0 spiro atoms. The quantitative estimate of drug-likeness (QED) is 0.547. The Bertz CT molecular complexity index is 553. The number of hydrogen-bond acceptors (Lipinski definition) is 5. The summed E-state index contributed by atoms with van der Waals surface area (Å²) in [5, 5.41) is 0. The third-order valence-corrected chi connectivity index (χ3v) is 6.85. The van der Waals surface area contributed by atoms with Gasteiger partial charge in [-0.15, -0.1) is 0 Å². The van der Waals surface area contributed by atoms with E-state index >= 15 is 0 Å². The van der Waals surface area contributed by atoms with Crippen molar-refractivity contribution < 1.29 is 13.3 Å². The van der Waals surface area contributed by atoms with Gasteiger partial charge < -0.3 is 23.2 Å². The molecule has 0 saturated heterocycles.